The SMILES string of the molecule is CC(CC(=O)Nc1c(Cl)ncnc1Cl)C1CCCNC1. The molecule has 2 N–H and O–H groups in total. The second-order valence-electron chi connectivity index (χ2n) is 5.17. The van der Waals surface area contributed by atoms with E-state index in [2.05, 4.69) is 27.5 Å². The zero-order chi connectivity index (χ0) is 14.5. The predicted octanol–water partition coefficient (Wildman–Crippen LogP) is 2.75. The molecule has 7 heteroatoms. The van der Waals surface area contributed by atoms with Crippen LogP contribution in [0.1, 0.15) is 26.2 Å². The molecule has 0 spiro atoms. The molecule has 5 nitrogen and oxygen atoms in total. The van der Waals surface area contributed by atoms with Crippen LogP contribution in [0.4, 0.5) is 5.69 Å². The Labute approximate surface area is 128 Å². The van der Waals surface area contributed by atoms with Crippen molar-refractivity contribution in [3.8, 4) is 0 Å². The van der Waals surface area contributed by atoms with Crippen molar-refractivity contribution in [3.63, 3.8) is 0 Å². The van der Waals surface area contributed by atoms with Gasteiger partial charge in [-0.15, -0.1) is 0 Å². The maximum Gasteiger partial charge on any atom is 0.224 e. The molecule has 0 aliphatic carbocycles. The van der Waals surface area contributed by atoms with Crippen molar-refractivity contribution in [1.29, 1.82) is 0 Å². The minimum Gasteiger partial charge on any atom is -0.321 e. The number of amides is 1. The zero-order valence-electron chi connectivity index (χ0n) is 11.3. The van der Waals surface area contributed by atoms with Crippen LogP contribution >= 0.6 is 23.2 Å². The third kappa shape index (κ3) is 4.04. The Bertz CT molecular complexity index is 457. The molecule has 1 aliphatic heterocycles. The van der Waals surface area contributed by atoms with Crippen molar-refractivity contribution in [1.82, 2.24) is 15.3 Å². The monoisotopic (exact) mass is 316 g/mol. The summed E-state index contributed by atoms with van der Waals surface area (Å²) >= 11 is 11.8. The highest BCUT2D eigenvalue weighted by molar-refractivity contribution is 6.38. The van der Waals surface area contributed by atoms with E-state index in [4.69, 9.17) is 23.2 Å². The van der Waals surface area contributed by atoms with E-state index in [1.165, 1.54) is 12.7 Å². The number of carbonyl (C=O) groups excluding carboxylic acids is 1. The molecule has 0 aromatic carbocycles. The van der Waals surface area contributed by atoms with Crippen LogP contribution in [0.15, 0.2) is 6.33 Å². The molecule has 1 aliphatic rings. The number of nitrogens with zero attached hydrogens (tertiary/aromatic N) is 2. The van der Waals surface area contributed by atoms with Gasteiger partial charge < -0.3 is 10.6 Å². The molecular formula is C13H18Cl2N4O. The van der Waals surface area contributed by atoms with Gasteiger partial charge in [-0.05, 0) is 37.8 Å². The van der Waals surface area contributed by atoms with Crippen molar-refractivity contribution in [2.45, 2.75) is 26.2 Å². The highest BCUT2D eigenvalue weighted by Crippen LogP contribution is 2.27. The van der Waals surface area contributed by atoms with Gasteiger partial charge in [-0.2, -0.15) is 0 Å². The smallest absolute Gasteiger partial charge is 0.224 e. The molecule has 1 aromatic heterocycles. The van der Waals surface area contributed by atoms with Gasteiger partial charge in [-0.3, -0.25) is 4.79 Å². The van der Waals surface area contributed by atoms with Gasteiger partial charge in [0.1, 0.15) is 12.0 Å². The summed E-state index contributed by atoms with van der Waals surface area (Å²) < 4.78 is 0. The van der Waals surface area contributed by atoms with Crippen molar-refractivity contribution in [2.75, 3.05) is 18.4 Å². The normalized spacial score (nSPS) is 20.4. The quantitative estimate of drug-likeness (QED) is 0.838. The van der Waals surface area contributed by atoms with Gasteiger partial charge >= 0.3 is 0 Å². The average molecular weight is 317 g/mol. The van der Waals surface area contributed by atoms with Crippen molar-refractivity contribution in [3.05, 3.63) is 16.6 Å². The summed E-state index contributed by atoms with van der Waals surface area (Å²) in [6.45, 7) is 4.15. The number of hydrogen-bond donors (Lipinski definition) is 2. The van der Waals surface area contributed by atoms with E-state index >= 15 is 0 Å². The second kappa shape index (κ2) is 7.20. The Kier molecular flexibility index (Phi) is 5.57. The number of nitrogens with one attached hydrogen (secondary N) is 2. The Morgan fingerprint density at radius 1 is 1.50 bits per heavy atom. The molecule has 2 atom stereocenters. The van der Waals surface area contributed by atoms with Crippen molar-refractivity contribution < 1.29 is 4.79 Å². The van der Waals surface area contributed by atoms with Crippen LogP contribution in [0.2, 0.25) is 10.3 Å². The lowest BCUT2D eigenvalue weighted by Crippen LogP contribution is -2.34. The second-order valence-corrected chi connectivity index (χ2v) is 5.88. The van der Waals surface area contributed by atoms with Gasteiger partial charge in [0.2, 0.25) is 5.91 Å². The summed E-state index contributed by atoms with van der Waals surface area (Å²) in [5.41, 5.74) is 0.287. The Balaban J connectivity index is 1.91. The van der Waals surface area contributed by atoms with Gasteiger partial charge in [-0.25, -0.2) is 9.97 Å². The average Bonchev–Trinajstić information content (AvgIpc) is 2.44. The van der Waals surface area contributed by atoms with Crippen LogP contribution in [-0.2, 0) is 4.79 Å². The van der Waals surface area contributed by atoms with Gasteiger partial charge in [-0.1, -0.05) is 30.1 Å². The Morgan fingerprint density at radius 3 is 2.80 bits per heavy atom. The maximum absolute atomic E-state index is 12.1. The summed E-state index contributed by atoms with van der Waals surface area (Å²) in [5.74, 6) is 0.735. The van der Waals surface area contributed by atoms with Gasteiger partial charge in [0.05, 0.1) is 0 Å². The summed E-state index contributed by atoms with van der Waals surface area (Å²) in [5, 5.41) is 6.38. The maximum atomic E-state index is 12.1. The summed E-state index contributed by atoms with van der Waals surface area (Å²) in [4.78, 5) is 19.7. The molecule has 0 saturated carbocycles. The molecule has 2 unspecified atom stereocenters. The largest absolute Gasteiger partial charge is 0.321 e. The molecule has 1 amide bonds. The van der Waals surface area contributed by atoms with Gasteiger partial charge in [0.15, 0.2) is 10.3 Å². The molecular weight excluding hydrogens is 299 g/mol. The Morgan fingerprint density at radius 2 is 2.20 bits per heavy atom. The molecule has 0 radical (unpaired) electrons. The molecule has 1 fully saturated rings. The first-order valence-corrected chi connectivity index (χ1v) is 7.50. The van der Waals surface area contributed by atoms with E-state index in [1.54, 1.807) is 0 Å². The first-order valence-electron chi connectivity index (χ1n) is 6.74. The molecule has 0 bridgehead atoms. The predicted molar refractivity (Wildman–Crippen MR) is 80.1 cm³/mol. The zero-order valence-corrected chi connectivity index (χ0v) is 12.8. The number of rotatable bonds is 4. The van der Waals surface area contributed by atoms with Crippen LogP contribution in [0, 0.1) is 11.8 Å². The highest BCUT2D eigenvalue weighted by Gasteiger charge is 2.22. The summed E-state index contributed by atoms with van der Waals surface area (Å²) in [6, 6.07) is 0. The Hall–Kier alpha value is -0.910. The van der Waals surface area contributed by atoms with E-state index in [0.717, 1.165) is 19.5 Å². The van der Waals surface area contributed by atoms with E-state index < -0.39 is 0 Å². The lowest BCUT2D eigenvalue weighted by molar-refractivity contribution is -0.117. The molecule has 1 aromatic rings. The van der Waals surface area contributed by atoms with E-state index in [1.807, 2.05) is 0 Å². The van der Waals surface area contributed by atoms with E-state index in [9.17, 15) is 4.79 Å². The fraction of sp³-hybridized carbons (Fsp3) is 0.615. The van der Waals surface area contributed by atoms with E-state index in [-0.39, 0.29) is 21.9 Å². The first-order chi connectivity index (χ1) is 9.58. The minimum atomic E-state index is -0.110. The minimum absolute atomic E-state index is 0.110. The topological polar surface area (TPSA) is 66.9 Å². The van der Waals surface area contributed by atoms with Crippen molar-refractivity contribution >= 4 is 34.8 Å². The third-order valence-corrected chi connectivity index (χ3v) is 4.24. The number of carbonyl (C=O) groups is 1. The number of halogens is 2. The van der Waals surface area contributed by atoms with Crippen molar-refractivity contribution in [2.24, 2.45) is 11.8 Å². The molecule has 1 saturated heterocycles. The lowest BCUT2D eigenvalue weighted by Gasteiger charge is -2.28. The first kappa shape index (κ1) is 15.5. The van der Waals surface area contributed by atoms with Crippen LogP contribution in [0.5, 0.6) is 0 Å². The number of anilines is 1. The lowest BCUT2D eigenvalue weighted by atomic mass is 9.85. The number of hydrogen-bond acceptors (Lipinski definition) is 4. The van der Waals surface area contributed by atoms with Gasteiger partial charge in [0.25, 0.3) is 0 Å². The fourth-order valence-electron chi connectivity index (χ4n) is 2.46. The molecule has 2 rings (SSSR count). The number of piperidine rings is 1. The van der Waals surface area contributed by atoms with Crippen LogP contribution < -0.4 is 10.6 Å². The van der Waals surface area contributed by atoms with Crippen LogP contribution in [0.25, 0.3) is 0 Å². The summed E-state index contributed by atoms with van der Waals surface area (Å²) in [7, 11) is 0. The van der Waals surface area contributed by atoms with Gasteiger partial charge in [0, 0.05) is 6.42 Å². The standard InChI is InChI=1S/C13H18Cl2N4O/c1-8(9-3-2-4-16-6-9)5-10(20)19-11-12(14)17-7-18-13(11)15/h7-9,16H,2-6H2,1H3,(H,19,20). The molecule has 20 heavy (non-hydrogen) atoms. The fourth-order valence-corrected chi connectivity index (χ4v) is 2.87. The summed E-state index contributed by atoms with van der Waals surface area (Å²) in [6.07, 6.45) is 4.03. The van der Waals surface area contributed by atoms with E-state index in [0.29, 0.717) is 18.3 Å². The molecule has 2 heterocycles. The van der Waals surface area contributed by atoms with Crippen LogP contribution in [0.3, 0.4) is 0 Å². The molecule has 110 valence electrons. The highest BCUT2D eigenvalue weighted by atomic mass is 35.5. The number of aromatic nitrogens is 2. The third-order valence-electron chi connectivity index (χ3n) is 3.67. The van der Waals surface area contributed by atoms with Crippen LogP contribution in [-0.4, -0.2) is 29.0 Å².